The summed E-state index contributed by atoms with van der Waals surface area (Å²) >= 11 is 0. The van der Waals surface area contributed by atoms with Crippen LogP contribution in [0.5, 0.6) is 0 Å². The highest BCUT2D eigenvalue weighted by Crippen LogP contribution is 2.51. The molecule has 0 radical (unpaired) electrons. The molecule has 1 aromatic rings. The first-order chi connectivity index (χ1) is 10.6. The van der Waals surface area contributed by atoms with E-state index in [9.17, 15) is 14.7 Å². The average Bonchev–Trinajstić information content (AvgIpc) is 3.22. The Morgan fingerprint density at radius 2 is 2.36 bits per heavy atom. The summed E-state index contributed by atoms with van der Waals surface area (Å²) in [7, 11) is 0. The van der Waals surface area contributed by atoms with Gasteiger partial charge >= 0.3 is 5.97 Å². The highest BCUT2D eigenvalue weighted by atomic mass is 16.5. The third-order valence-electron chi connectivity index (χ3n) is 4.87. The van der Waals surface area contributed by atoms with Gasteiger partial charge < -0.3 is 19.3 Å². The number of carbonyl (C=O) groups excluding carboxylic acids is 1. The highest BCUT2D eigenvalue weighted by molar-refractivity contribution is 5.90. The Balaban J connectivity index is 1.45. The van der Waals surface area contributed by atoms with Gasteiger partial charge in [0.25, 0.3) is 0 Å². The summed E-state index contributed by atoms with van der Waals surface area (Å²) in [6.07, 6.45) is 9.36. The number of aliphatic carboxylic acids is 1. The molecule has 0 aromatic carbocycles. The summed E-state index contributed by atoms with van der Waals surface area (Å²) in [5.41, 5.74) is -0.722. The van der Waals surface area contributed by atoms with Gasteiger partial charge in [-0.05, 0) is 6.42 Å². The van der Waals surface area contributed by atoms with Crippen molar-refractivity contribution in [3.63, 3.8) is 0 Å². The number of amides is 1. The molecule has 22 heavy (non-hydrogen) atoms. The lowest BCUT2D eigenvalue weighted by atomic mass is 9.77. The third kappa shape index (κ3) is 1.81. The molecule has 2 bridgehead atoms. The zero-order valence-corrected chi connectivity index (χ0v) is 12.0. The Kier molecular flexibility index (Phi) is 2.87. The van der Waals surface area contributed by atoms with Crippen molar-refractivity contribution in [3.8, 4) is 0 Å². The van der Waals surface area contributed by atoms with Crippen molar-refractivity contribution in [2.24, 2.45) is 11.8 Å². The zero-order valence-electron chi connectivity index (χ0n) is 12.0. The monoisotopic (exact) mass is 303 g/mol. The number of fused-ring (bicyclic) bond motifs is 1. The van der Waals surface area contributed by atoms with Gasteiger partial charge in [0.15, 0.2) is 0 Å². The Labute approximate surface area is 127 Å². The number of ether oxygens (including phenoxy) is 1. The molecule has 7 nitrogen and oxygen atoms in total. The zero-order chi connectivity index (χ0) is 15.3. The Morgan fingerprint density at radius 3 is 3.09 bits per heavy atom. The summed E-state index contributed by atoms with van der Waals surface area (Å²) in [6.45, 7) is 1.84. The molecule has 0 saturated carbocycles. The minimum Gasteiger partial charge on any atom is -0.481 e. The van der Waals surface area contributed by atoms with E-state index in [0.29, 0.717) is 13.1 Å². The van der Waals surface area contributed by atoms with Gasteiger partial charge in [-0.3, -0.25) is 9.59 Å². The molecular formula is C15H17N3O4. The van der Waals surface area contributed by atoms with Crippen molar-refractivity contribution < 1.29 is 19.4 Å². The van der Waals surface area contributed by atoms with Gasteiger partial charge in [-0.15, -0.1) is 0 Å². The summed E-state index contributed by atoms with van der Waals surface area (Å²) in [5, 5.41) is 9.39. The van der Waals surface area contributed by atoms with Gasteiger partial charge in [0.1, 0.15) is 11.5 Å². The maximum atomic E-state index is 12.6. The number of carboxylic acids is 1. The topological polar surface area (TPSA) is 84.7 Å². The number of carbonyl (C=O) groups is 2. The van der Waals surface area contributed by atoms with Gasteiger partial charge in [0.05, 0.1) is 24.9 Å². The van der Waals surface area contributed by atoms with Crippen molar-refractivity contribution in [2.75, 3.05) is 13.1 Å². The molecule has 3 aliphatic heterocycles. The van der Waals surface area contributed by atoms with Gasteiger partial charge in [-0.2, -0.15) is 0 Å². The largest absolute Gasteiger partial charge is 0.481 e. The number of nitrogens with zero attached hydrogens (tertiary/aromatic N) is 3. The number of rotatable bonds is 5. The predicted octanol–water partition coefficient (Wildman–Crippen LogP) is 0.140. The van der Waals surface area contributed by atoms with Gasteiger partial charge in [0.2, 0.25) is 5.91 Å². The van der Waals surface area contributed by atoms with Crippen LogP contribution in [-0.4, -0.2) is 56.2 Å². The number of hydrogen-bond acceptors (Lipinski definition) is 4. The van der Waals surface area contributed by atoms with Gasteiger partial charge in [0, 0.05) is 25.5 Å². The SMILES string of the molecule is O=C(O)[C@@H]1[C@H]2C(=O)N(CCCn3ccnc3)C[C@@]23C=C[C@H]1O3. The molecule has 2 saturated heterocycles. The van der Waals surface area contributed by atoms with E-state index in [1.807, 2.05) is 16.8 Å². The molecule has 1 aromatic heterocycles. The van der Waals surface area contributed by atoms with E-state index in [1.165, 1.54) is 0 Å². The third-order valence-corrected chi connectivity index (χ3v) is 4.87. The molecule has 7 heteroatoms. The number of likely N-dealkylation sites (tertiary alicyclic amines) is 1. The van der Waals surface area contributed by atoms with Crippen molar-refractivity contribution >= 4 is 11.9 Å². The minimum atomic E-state index is -0.949. The fraction of sp³-hybridized carbons (Fsp3) is 0.533. The second kappa shape index (κ2) is 4.67. The lowest BCUT2D eigenvalue weighted by molar-refractivity contribution is -0.148. The van der Waals surface area contributed by atoms with Crippen LogP contribution in [0.1, 0.15) is 6.42 Å². The minimum absolute atomic E-state index is 0.0927. The van der Waals surface area contributed by atoms with Crippen LogP contribution in [0.4, 0.5) is 0 Å². The normalized spacial score (nSPS) is 35.4. The van der Waals surface area contributed by atoms with Crippen LogP contribution in [-0.2, 0) is 20.9 Å². The Bertz CT molecular complexity index is 641. The van der Waals surface area contributed by atoms with E-state index in [-0.39, 0.29) is 5.91 Å². The number of hydrogen-bond donors (Lipinski definition) is 1. The molecular weight excluding hydrogens is 286 g/mol. The number of aryl methyl sites for hydroxylation is 1. The first-order valence-corrected chi connectivity index (χ1v) is 7.45. The smallest absolute Gasteiger partial charge is 0.310 e. The second-order valence-electron chi connectivity index (χ2n) is 6.15. The number of aromatic nitrogens is 2. The van der Waals surface area contributed by atoms with Crippen LogP contribution < -0.4 is 0 Å². The van der Waals surface area contributed by atoms with Crippen LogP contribution in [0.25, 0.3) is 0 Å². The molecule has 4 rings (SSSR count). The molecule has 2 fully saturated rings. The molecule has 1 N–H and O–H groups in total. The lowest BCUT2D eigenvalue weighted by Gasteiger charge is -2.21. The Morgan fingerprint density at radius 1 is 1.50 bits per heavy atom. The van der Waals surface area contributed by atoms with Crippen molar-refractivity contribution in [2.45, 2.75) is 24.7 Å². The average molecular weight is 303 g/mol. The second-order valence-corrected chi connectivity index (χ2v) is 6.15. The van der Waals surface area contributed by atoms with Crippen molar-refractivity contribution in [1.29, 1.82) is 0 Å². The van der Waals surface area contributed by atoms with E-state index < -0.39 is 29.5 Å². The lowest BCUT2D eigenvalue weighted by Crippen LogP contribution is -2.39. The highest BCUT2D eigenvalue weighted by Gasteiger charge is 2.66. The summed E-state index contributed by atoms with van der Waals surface area (Å²) in [5.74, 6) is -2.37. The van der Waals surface area contributed by atoms with E-state index >= 15 is 0 Å². The van der Waals surface area contributed by atoms with Gasteiger partial charge in [-0.1, -0.05) is 12.2 Å². The predicted molar refractivity (Wildman–Crippen MR) is 74.8 cm³/mol. The summed E-state index contributed by atoms with van der Waals surface area (Å²) in [6, 6.07) is 0. The molecule has 0 aliphatic carbocycles. The van der Waals surface area contributed by atoms with E-state index in [4.69, 9.17) is 4.74 Å². The molecule has 3 aliphatic rings. The maximum Gasteiger partial charge on any atom is 0.310 e. The molecule has 1 spiro atoms. The van der Waals surface area contributed by atoms with E-state index in [2.05, 4.69) is 4.98 Å². The van der Waals surface area contributed by atoms with Crippen molar-refractivity contribution in [1.82, 2.24) is 14.5 Å². The molecule has 4 heterocycles. The van der Waals surface area contributed by atoms with Crippen LogP contribution in [0.3, 0.4) is 0 Å². The number of carboxylic acid groups (broad SMARTS) is 1. The standard InChI is InChI=1S/C15H17N3O4/c19-13-12-11(14(20)21)10-2-3-15(12,22-10)8-18(13)6-1-5-17-7-4-16-9-17/h2-4,7,9-12H,1,5-6,8H2,(H,20,21)/t10-,11+,12+,15+/m1/s1. The van der Waals surface area contributed by atoms with Crippen LogP contribution in [0.15, 0.2) is 30.9 Å². The fourth-order valence-electron chi connectivity index (χ4n) is 3.91. The Hall–Kier alpha value is -2.15. The molecule has 1 amide bonds. The molecule has 0 unspecified atom stereocenters. The van der Waals surface area contributed by atoms with Crippen LogP contribution in [0.2, 0.25) is 0 Å². The van der Waals surface area contributed by atoms with Crippen LogP contribution in [0, 0.1) is 11.8 Å². The molecule has 4 atom stereocenters. The van der Waals surface area contributed by atoms with E-state index in [0.717, 1.165) is 13.0 Å². The first-order valence-electron chi connectivity index (χ1n) is 7.45. The summed E-state index contributed by atoms with van der Waals surface area (Å²) in [4.78, 5) is 29.8. The van der Waals surface area contributed by atoms with Crippen molar-refractivity contribution in [3.05, 3.63) is 30.9 Å². The fourth-order valence-corrected chi connectivity index (χ4v) is 3.91. The van der Waals surface area contributed by atoms with Crippen LogP contribution >= 0.6 is 0 Å². The van der Waals surface area contributed by atoms with E-state index in [1.54, 1.807) is 23.5 Å². The van der Waals surface area contributed by atoms with Gasteiger partial charge in [-0.25, -0.2) is 4.98 Å². The maximum absolute atomic E-state index is 12.6. The summed E-state index contributed by atoms with van der Waals surface area (Å²) < 4.78 is 7.80. The molecule has 116 valence electrons. The quantitative estimate of drug-likeness (QED) is 0.782. The first kappa shape index (κ1) is 13.5. The number of imidazole rings is 1.